The van der Waals surface area contributed by atoms with Crippen LogP contribution in [0.15, 0.2) is 48.8 Å². The first kappa shape index (κ1) is 22.1. The van der Waals surface area contributed by atoms with Gasteiger partial charge in [-0.2, -0.15) is 0 Å². The van der Waals surface area contributed by atoms with Crippen LogP contribution in [0.4, 0.5) is 17.5 Å². The van der Waals surface area contributed by atoms with E-state index in [2.05, 4.69) is 30.2 Å². The van der Waals surface area contributed by atoms with E-state index < -0.39 is 0 Å². The van der Waals surface area contributed by atoms with Gasteiger partial charge >= 0.3 is 0 Å². The van der Waals surface area contributed by atoms with Crippen LogP contribution in [0.3, 0.4) is 0 Å². The summed E-state index contributed by atoms with van der Waals surface area (Å²) in [5, 5.41) is 3.23. The first-order chi connectivity index (χ1) is 16.6. The van der Waals surface area contributed by atoms with Gasteiger partial charge in [0, 0.05) is 50.7 Å². The molecule has 9 heteroatoms. The van der Waals surface area contributed by atoms with Crippen LogP contribution in [0, 0.1) is 6.92 Å². The number of carbonyl (C=O) groups excluding carboxylic acids is 1. The molecule has 0 spiro atoms. The molecule has 0 bridgehead atoms. The minimum Gasteiger partial charge on any atom is -0.474 e. The van der Waals surface area contributed by atoms with Gasteiger partial charge < -0.3 is 19.9 Å². The summed E-state index contributed by atoms with van der Waals surface area (Å²) in [4.78, 5) is 34.8. The number of hydrogen-bond donors (Lipinski definition) is 1. The number of pyridine rings is 2. The van der Waals surface area contributed by atoms with Gasteiger partial charge in [-0.3, -0.25) is 4.79 Å². The predicted molar refractivity (Wildman–Crippen MR) is 130 cm³/mol. The molecule has 1 saturated carbocycles. The zero-order valence-electron chi connectivity index (χ0n) is 19.4. The molecule has 0 aromatic carbocycles. The van der Waals surface area contributed by atoms with Crippen molar-refractivity contribution in [2.24, 2.45) is 0 Å². The Bertz CT molecular complexity index is 1110. The van der Waals surface area contributed by atoms with E-state index in [0.29, 0.717) is 49.3 Å². The molecule has 9 nitrogen and oxygen atoms in total. The standard InChI is InChI=1S/C25H29N7O2/c1-18-28-22(30-21-8-4-5-11-26-21)16-23(29-18)31-12-14-32(15-13-31)25(33)19-9-10-24(27-17-19)34-20-6-2-3-7-20/h4-5,8-11,16-17,20H,2-3,6-7,12-15H2,1H3,(H,26,28,29,30). The van der Waals surface area contributed by atoms with Gasteiger partial charge in [0.25, 0.3) is 5.91 Å². The van der Waals surface area contributed by atoms with Gasteiger partial charge in [0.05, 0.1) is 5.56 Å². The minimum absolute atomic E-state index is 0.00376. The van der Waals surface area contributed by atoms with Gasteiger partial charge in [0.15, 0.2) is 0 Å². The number of aryl methyl sites for hydroxylation is 1. The number of anilines is 3. The molecule has 2 aliphatic rings. The summed E-state index contributed by atoms with van der Waals surface area (Å²) in [6.07, 6.45) is 8.21. The predicted octanol–water partition coefficient (Wildman–Crippen LogP) is 3.60. The van der Waals surface area contributed by atoms with E-state index in [1.54, 1.807) is 12.4 Å². The molecule has 0 atom stereocenters. The fraction of sp³-hybridized carbons (Fsp3) is 0.400. The molecule has 1 aliphatic heterocycles. The zero-order valence-corrected chi connectivity index (χ0v) is 19.4. The number of aromatic nitrogens is 4. The van der Waals surface area contributed by atoms with Crippen LogP contribution in [0.2, 0.25) is 0 Å². The molecule has 3 aromatic heterocycles. The van der Waals surface area contributed by atoms with Gasteiger partial charge in [0.1, 0.15) is 29.4 Å². The Morgan fingerprint density at radius 2 is 1.82 bits per heavy atom. The fourth-order valence-corrected chi connectivity index (χ4v) is 4.42. The molecule has 34 heavy (non-hydrogen) atoms. The third kappa shape index (κ3) is 5.24. The summed E-state index contributed by atoms with van der Waals surface area (Å²) in [7, 11) is 0. The van der Waals surface area contributed by atoms with Crippen molar-refractivity contribution in [1.29, 1.82) is 0 Å². The zero-order chi connectivity index (χ0) is 23.3. The van der Waals surface area contributed by atoms with Gasteiger partial charge in [-0.1, -0.05) is 6.07 Å². The first-order valence-corrected chi connectivity index (χ1v) is 11.8. The van der Waals surface area contributed by atoms with Crippen LogP contribution >= 0.6 is 0 Å². The van der Waals surface area contributed by atoms with Crippen LogP contribution in [0.25, 0.3) is 0 Å². The monoisotopic (exact) mass is 459 g/mol. The Morgan fingerprint density at radius 3 is 2.53 bits per heavy atom. The van der Waals surface area contributed by atoms with Crippen molar-refractivity contribution in [3.05, 3.63) is 60.2 Å². The second kappa shape index (κ2) is 10.0. The van der Waals surface area contributed by atoms with Crippen LogP contribution in [-0.2, 0) is 0 Å². The molecule has 4 heterocycles. The van der Waals surface area contributed by atoms with Crippen molar-refractivity contribution in [2.45, 2.75) is 38.7 Å². The number of piperazine rings is 1. The lowest BCUT2D eigenvalue weighted by atomic mass is 10.2. The summed E-state index contributed by atoms with van der Waals surface area (Å²) in [6, 6.07) is 11.2. The number of hydrogen-bond acceptors (Lipinski definition) is 8. The Hall–Kier alpha value is -3.75. The second-order valence-electron chi connectivity index (χ2n) is 8.69. The van der Waals surface area contributed by atoms with E-state index in [1.807, 2.05) is 48.2 Å². The number of nitrogens with zero attached hydrogens (tertiary/aromatic N) is 6. The van der Waals surface area contributed by atoms with E-state index >= 15 is 0 Å². The highest BCUT2D eigenvalue weighted by Gasteiger charge is 2.24. The molecule has 176 valence electrons. The maximum atomic E-state index is 13.0. The number of rotatable bonds is 6. The summed E-state index contributed by atoms with van der Waals surface area (Å²) in [6.45, 7) is 4.50. The maximum absolute atomic E-state index is 13.0. The van der Waals surface area contributed by atoms with Crippen LogP contribution in [0.1, 0.15) is 41.9 Å². The molecule has 3 aromatic rings. The van der Waals surface area contributed by atoms with Crippen molar-refractivity contribution in [3.8, 4) is 5.88 Å². The smallest absolute Gasteiger partial charge is 0.255 e. The summed E-state index contributed by atoms with van der Waals surface area (Å²) in [5.74, 6) is 3.55. The Balaban J connectivity index is 1.18. The van der Waals surface area contributed by atoms with Gasteiger partial charge in [-0.05, 0) is 50.8 Å². The average molecular weight is 460 g/mol. The molecule has 0 unspecified atom stereocenters. The van der Waals surface area contributed by atoms with Crippen molar-refractivity contribution < 1.29 is 9.53 Å². The largest absolute Gasteiger partial charge is 0.474 e. The van der Waals surface area contributed by atoms with Gasteiger partial charge in [-0.15, -0.1) is 0 Å². The van der Waals surface area contributed by atoms with Crippen molar-refractivity contribution in [2.75, 3.05) is 36.4 Å². The summed E-state index contributed by atoms with van der Waals surface area (Å²) < 4.78 is 5.91. The molecule has 2 fully saturated rings. The molecular formula is C25H29N7O2. The average Bonchev–Trinajstić information content (AvgIpc) is 3.38. The van der Waals surface area contributed by atoms with Gasteiger partial charge in [0.2, 0.25) is 5.88 Å². The second-order valence-corrected chi connectivity index (χ2v) is 8.69. The summed E-state index contributed by atoms with van der Waals surface area (Å²) >= 11 is 0. The van der Waals surface area contributed by atoms with E-state index in [9.17, 15) is 4.79 Å². The maximum Gasteiger partial charge on any atom is 0.255 e. The molecule has 1 N–H and O–H groups in total. The summed E-state index contributed by atoms with van der Waals surface area (Å²) in [5.41, 5.74) is 0.590. The van der Waals surface area contributed by atoms with Crippen LogP contribution < -0.4 is 15.0 Å². The first-order valence-electron chi connectivity index (χ1n) is 11.8. The molecule has 1 amide bonds. The SMILES string of the molecule is Cc1nc(Nc2ccccn2)cc(N2CCN(C(=O)c3ccc(OC4CCCC4)nc3)CC2)n1. The highest BCUT2D eigenvalue weighted by Crippen LogP contribution is 2.24. The third-order valence-corrected chi connectivity index (χ3v) is 6.21. The topological polar surface area (TPSA) is 96.4 Å². The highest BCUT2D eigenvalue weighted by molar-refractivity contribution is 5.94. The Labute approximate surface area is 199 Å². The van der Waals surface area contributed by atoms with Crippen LogP contribution in [0.5, 0.6) is 5.88 Å². The molecular weight excluding hydrogens is 430 g/mol. The molecule has 5 rings (SSSR count). The van der Waals surface area contributed by atoms with E-state index in [4.69, 9.17) is 4.74 Å². The lowest BCUT2D eigenvalue weighted by Gasteiger charge is -2.35. The van der Waals surface area contributed by atoms with E-state index in [-0.39, 0.29) is 12.0 Å². The minimum atomic E-state index is -0.00376. The van der Waals surface area contributed by atoms with Crippen molar-refractivity contribution >= 4 is 23.4 Å². The van der Waals surface area contributed by atoms with Crippen LogP contribution in [-0.4, -0.2) is 63.0 Å². The third-order valence-electron chi connectivity index (χ3n) is 6.21. The quantitative estimate of drug-likeness (QED) is 0.597. The van der Waals surface area contributed by atoms with Gasteiger partial charge in [-0.25, -0.2) is 19.9 Å². The van der Waals surface area contributed by atoms with Crippen molar-refractivity contribution in [1.82, 2.24) is 24.8 Å². The molecule has 1 saturated heterocycles. The number of nitrogens with one attached hydrogen (secondary N) is 1. The fourth-order valence-electron chi connectivity index (χ4n) is 4.42. The number of amides is 1. The number of carbonyl (C=O) groups is 1. The highest BCUT2D eigenvalue weighted by atomic mass is 16.5. The number of ether oxygens (including phenoxy) is 1. The normalized spacial score (nSPS) is 16.5. The Kier molecular flexibility index (Phi) is 6.51. The molecule has 1 aliphatic carbocycles. The van der Waals surface area contributed by atoms with Crippen molar-refractivity contribution in [3.63, 3.8) is 0 Å². The Morgan fingerprint density at radius 1 is 1.00 bits per heavy atom. The lowest BCUT2D eigenvalue weighted by Crippen LogP contribution is -2.49. The molecule has 0 radical (unpaired) electrons. The van der Waals surface area contributed by atoms with E-state index in [0.717, 1.165) is 24.5 Å². The lowest BCUT2D eigenvalue weighted by molar-refractivity contribution is 0.0746. The van der Waals surface area contributed by atoms with E-state index in [1.165, 1.54) is 12.8 Å².